The highest BCUT2D eigenvalue weighted by Gasteiger charge is 2.45. The Labute approximate surface area is 172 Å². The molecule has 1 saturated carbocycles. The summed E-state index contributed by atoms with van der Waals surface area (Å²) >= 11 is 8.02. The minimum Gasteiger partial charge on any atom is -0.366 e. The molecule has 2 fully saturated rings. The molecule has 3 atom stereocenters. The number of morpholine rings is 1. The summed E-state index contributed by atoms with van der Waals surface area (Å²) in [5, 5.41) is 0.708. The molecule has 5 heteroatoms. The Bertz CT molecular complexity index is 666. The number of carbonyl (C=O) groups excluding carboxylic acids is 1. The van der Waals surface area contributed by atoms with E-state index in [1.54, 1.807) is 6.08 Å². The van der Waals surface area contributed by atoms with E-state index in [9.17, 15) is 4.79 Å². The summed E-state index contributed by atoms with van der Waals surface area (Å²) in [4.78, 5) is 15.5. The second-order valence-electron chi connectivity index (χ2n) is 8.49. The van der Waals surface area contributed by atoms with Gasteiger partial charge in [-0.15, -0.1) is 6.58 Å². The van der Waals surface area contributed by atoms with Gasteiger partial charge in [-0.3, -0.25) is 4.79 Å². The number of rotatable bonds is 7. The highest BCUT2D eigenvalue weighted by atomic mass is 35.5. The first-order valence-corrected chi connectivity index (χ1v) is 11.1. The molecule has 1 aliphatic heterocycles. The fourth-order valence-electron chi connectivity index (χ4n) is 3.60. The number of hydrogen-bond donors (Lipinski definition) is 0. The van der Waals surface area contributed by atoms with E-state index in [4.69, 9.17) is 16.3 Å². The summed E-state index contributed by atoms with van der Waals surface area (Å²) < 4.78 is 6.13. The zero-order valence-corrected chi connectivity index (χ0v) is 18.1. The zero-order valence-electron chi connectivity index (χ0n) is 16.5. The first-order valence-electron chi connectivity index (χ1n) is 9.74. The van der Waals surface area contributed by atoms with Crippen molar-refractivity contribution < 1.29 is 9.53 Å². The second kappa shape index (κ2) is 8.59. The zero-order chi connectivity index (χ0) is 19.6. The highest BCUT2D eigenvalue weighted by Crippen LogP contribution is 2.43. The van der Waals surface area contributed by atoms with Crippen LogP contribution >= 0.6 is 23.4 Å². The molecule has 0 aromatic heterocycles. The number of thioether (sulfide) groups is 1. The van der Waals surface area contributed by atoms with Crippen molar-refractivity contribution in [2.45, 2.75) is 63.0 Å². The summed E-state index contributed by atoms with van der Waals surface area (Å²) in [6, 6.07) is 8.02. The smallest absolute Gasteiger partial charge is 0.252 e. The molecule has 2 aliphatic rings. The summed E-state index contributed by atoms with van der Waals surface area (Å²) in [6.07, 6.45) is 4.34. The third-order valence-corrected chi connectivity index (χ3v) is 6.79. The van der Waals surface area contributed by atoms with Crippen LogP contribution in [0.5, 0.6) is 0 Å². The van der Waals surface area contributed by atoms with E-state index >= 15 is 0 Å². The summed E-state index contributed by atoms with van der Waals surface area (Å²) in [5.41, 5.74) is 1.09. The van der Waals surface area contributed by atoms with Crippen molar-refractivity contribution in [2.24, 2.45) is 5.92 Å². The third-order valence-electron chi connectivity index (χ3n) is 5.17. The number of ether oxygens (including phenoxy) is 1. The van der Waals surface area contributed by atoms with Gasteiger partial charge in [0.15, 0.2) is 0 Å². The molecule has 0 radical (unpaired) electrons. The maximum Gasteiger partial charge on any atom is 0.252 e. The van der Waals surface area contributed by atoms with Crippen LogP contribution in [-0.2, 0) is 9.53 Å². The molecular weight excluding hydrogens is 378 g/mol. The van der Waals surface area contributed by atoms with E-state index in [1.807, 2.05) is 36.0 Å². The van der Waals surface area contributed by atoms with Gasteiger partial charge in [-0.1, -0.05) is 50.6 Å². The maximum atomic E-state index is 13.4. The molecule has 2 unspecified atom stereocenters. The van der Waals surface area contributed by atoms with Crippen LogP contribution in [0, 0.1) is 5.92 Å². The average Bonchev–Trinajstić information content (AvgIpc) is 3.43. The molecule has 0 N–H and O–H groups in total. The van der Waals surface area contributed by atoms with Gasteiger partial charge in [0, 0.05) is 28.0 Å². The van der Waals surface area contributed by atoms with Gasteiger partial charge in [0.05, 0.1) is 12.6 Å². The molecule has 0 spiro atoms. The summed E-state index contributed by atoms with van der Waals surface area (Å²) in [6.45, 7) is 11.0. The monoisotopic (exact) mass is 407 g/mol. The number of halogens is 1. The number of hydrogen-bond acceptors (Lipinski definition) is 3. The molecule has 1 amide bonds. The van der Waals surface area contributed by atoms with Gasteiger partial charge in [0.25, 0.3) is 5.91 Å². The van der Waals surface area contributed by atoms with Gasteiger partial charge in [0.2, 0.25) is 0 Å². The fraction of sp³-hybridized carbons (Fsp3) is 0.591. The minimum absolute atomic E-state index is 0.0537. The number of amides is 1. The highest BCUT2D eigenvalue weighted by molar-refractivity contribution is 8.00. The van der Waals surface area contributed by atoms with Crippen LogP contribution in [-0.4, -0.2) is 40.1 Å². The van der Waals surface area contributed by atoms with E-state index < -0.39 is 6.10 Å². The van der Waals surface area contributed by atoms with Crippen LogP contribution in [0.4, 0.5) is 0 Å². The lowest BCUT2D eigenvalue weighted by molar-refractivity contribution is -0.163. The van der Waals surface area contributed by atoms with Gasteiger partial charge < -0.3 is 9.64 Å². The van der Waals surface area contributed by atoms with E-state index in [0.717, 1.165) is 11.3 Å². The molecule has 1 aliphatic carbocycles. The lowest BCUT2D eigenvalue weighted by Crippen LogP contribution is -2.55. The van der Waals surface area contributed by atoms with Gasteiger partial charge in [0.1, 0.15) is 6.10 Å². The largest absolute Gasteiger partial charge is 0.366 e. The molecule has 27 heavy (non-hydrogen) atoms. The summed E-state index contributed by atoms with van der Waals surface area (Å²) in [5.74, 6) is 1.67. The molecule has 148 valence electrons. The Morgan fingerprint density at radius 1 is 1.33 bits per heavy atom. The lowest BCUT2D eigenvalue weighted by Gasteiger charge is -2.44. The van der Waals surface area contributed by atoms with Crippen LogP contribution < -0.4 is 0 Å². The van der Waals surface area contributed by atoms with E-state index in [1.165, 1.54) is 12.8 Å². The van der Waals surface area contributed by atoms with Crippen molar-refractivity contribution in [3.63, 3.8) is 0 Å². The van der Waals surface area contributed by atoms with Crippen molar-refractivity contribution >= 4 is 29.3 Å². The molecule has 1 aromatic carbocycles. The summed E-state index contributed by atoms with van der Waals surface area (Å²) in [7, 11) is 0. The van der Waals surface area contributed by atoms with E-state index in [-0.39, 0.29) is 22.7 Å². The Morgan fingerprint density at radius 3 is 2.56 bits per heavy atom. The van der Waals surface area contributed by atoms with Crippen molar-refractivity contribution in [1.82, 2.24) is 4.90 Å². The molecule has 1 saturated heterocycles. The van der Waals surface area contributed by atoms with Crippen LogP contribution in [0.2, 0.25) is 5.02 Å². The number of carbonyl (C=O) groups is 1. The maximum absolute atomic E-state index is 13.4. The first-order chi connectivity index (χ1) is 12.8. The Morgan fingerprint density at radius 2 is 2.00 bits per heavy atom. The molecule has 3 rings (SSSR count). The van der Waals surface area contributed by atoms with Crippen molar-refractivity contribution in [3.05, 3.63) is 47.5 Å². The van der Waals surface area contributed by atoms with E-state index in [0.29, 0.717) is 24.0 Å². The normalized spacial score (nSPS) is 24.7. The SMILES string of the molecule is C=CCC1OC[C@@H](c2ccc(Cl)cc2)N(C(CSC(C)(C)C)C2CC2)C1=O. The lowest BCUT2D eigenvalue weighted by atomic mass is 9.98. The molecule has 0 bridgehead atoms. The van der Waals surface area contributed by atoms with Gasteiger partial charge >= 0.3 is 0 Å². The van der Waals surface area contributed by atoms with Crippen LogP contribution in [0.15, 0.2) is 36.9 Å². The minimum atomic E-state index is -0.410. The van der Waals surface area contributed by atoms with Gasteiger partial charge in [-0.2, -0.15) is 11.8 Å². The van der Waals surface area contributed by atoms with Gasteiger partial charge in [-0.25, -0.2) is 0 Å². The molecule has 3 nitrogen and oxygen atoms in total. The molecule has 1 aromatic rings. The predicted octanol–water partition coefficient (Wildman–Crippen LogP) is 5.49. The molecule has 1 heterocycles. The van der Waals surface area contributed by atoms with Crippen molar-refractivity contribution in [3.8, 4) is 0 Å². The van der Waals surface area contributed by atoms with Crippen molar-refractivity contribution in [2.75, 3.05) is 12.4 Å². The first kappa shape index (κ1) is 20.8. The van der Waals surface area contributed by atoms with Crippen LogP contribution in [0.25, 0.3) is 0 Å². The second-order valence-corrected chi connectivity index (χ2v) is 10.8. The number of nitrogens with zero attached hydrogens (tertiary/aromatic N) is 1. The molecular formula is C22H30ClNO2S. The third kappa shape index (κ3) is 5.30. The quantitative estimate of drug-likeness (QED) is 0.559. The Kier molecular flexibility index (Phi) is 6.60. The fourth-order valence-corrected chi connectivity index (χ4v) is 4.82. The van der Waals surface area contributed by atoms with E-state index in [2.05, 4.69) is 32.3 Å². The standard InChI is InChI=1S/C22H30ClNO2S/c1-5-6-20-21(25)24(19(16-7-8-16)14-27-22(2,3)4)18(13-26-20)15-9-11-17(23)12-10-15/h5,9-12,16,18-20H,1,6-8,13-14H2,2-4H3/t18-,19?,20?/m0/s1. The Hall–Kier alpha value is -0.970. The van der Waals surface area contributed by atoms with Crippen LogP contribution in [0.1, 0.15) is 51.6 Å². The van der Waals surface area contributed by atoms with Crippen LogP contribution in [0.3, 0.4) is 0 Å². The topological polar surface area (TPSA) is 29.5 Å². The average molecular weight is 408 g/mol. The van der Waals surface area contributed by atoms with Crippen molar-refractivity contribution in [1.29, 1.82) is 0 Å². The Balaban J connectivity index is 1.90. The predicted molar refractivity (Wildman–Crippen MR) is 114 cm³/mol. The number of benzene rings is 1. The van der Waals surface area contributed by atoms with Gasteiger partial charge in [-0.05, 0) is 36.5 Å².